The quantitative estimate of drug-likeness (QED) is 0.642. The monoisotopic (exact) mass is 466 g/mol. The van der Waals surface area contributed by atoms with Crippen LogP contribution in [0.1, 0.15) is 59.2 Å². The molecule has 1 fully saturated rings. The Balaban J connectivity index is 1.71. The van der Waals surface area contributed by atoms with Crippen LogP contribution in [0.15, 0.2) is 41.4 Å². The zero-order chi connectivity index (χ0) is 24.2. The Morgan fingerprint density at radius 2 is 1.79 bits per heavy atom. The van der Waals surface area contributed by atoms with Crippen LogP contribution in [-0.2, 0) is 4.74 Å². The second-order valence-electron chi connectivity index (χ2n) is 8.87. The average molecular weight is 467 g/mol. The molecular weight excluding hydrogens is 432 g/mol. The molecule has 7 nitrogen and oxygen atoms in total. The maximum atomic E-state index is 12.9. The number of methoxy groups -OCH3 is 3. The third-order valence-electron chi connectivity index (χ3n) is 6.93. The van der Waals surface area contributed by atoms with Gasteiger partial charge in [-0.15, -0.1) is 0 Å². The summed E-state index contributed by atoms with van der Waals surface area (Å²) in [6, 6.07) is 11.8. The largest absolute Gasteiger partial charge is 0.493 e. The molecule has 1 saturated carbocycles. The molecular formula is C27H34N2O5. The van der Waals surface area contributed by atoms with Crippen molar-refractivity contribution in [2.75, 3.05) is 41.0 Å². The summed E-state index contributed by atoms with van der Waals surface area (Å²) in [6.45, 7) is 3.66. The van der Waals surface area contributed by atoms with Crippen molar-refractivity contribution in [3.05, 3.63) is 58.7 Å². The highest BCUT2D eigenvalue weighted by Gasteiger charge is 2.37. The molecule has 2 aliphatic rings. The van der Waals surface area contributed by atoms with Crippen LogP contribution in [0.4, 0.5) is 0 Å². The van der Waals surface area contributed by atoms with Crippen LogP contribution in [0.25, 0.3) is 0 Å². The van der Waals surface area contributed by atoms with Gasteiger partial charge in [0.2, 0.25) is 0 Å². The summed E-state index contributed by atoms with van der Waals surface area (Å²) in [6.07, 6.45) is 1.96. The summed E-state index contributed by atoms with van der Waals surface area (Å²) < 4.78 is 16.3. The average Bonchev–Trinajstić information content (AvgIpc) is 2.87. The van der Waals surface area contributed by atoms with Crippen LogP contribution in [0, 0.1) is 0 Å². The Morgan fingerprint density at radius 1 is 1.09 bits per heavy atom. The van der Waals surface area contributed by atoms with Crippen molar-refractivity contribution in [1.29, 1.82) is 0 Å². The van der Waals surface area contributed by atoms with Crippen molar-refractivity contribution >= 4 is 11.6 Å². The van der Waals surface area contributed by atoms with Crippen molar-refractivity contribution in [2.24, 2.45) is 4.99 Å². The van der Waals surface area contributed by atoms with E-state index in [1.165, 1.54) is 0 Å². The number of rotatable bonds is 8. The Bertz CT molecular complexity index is 1050. The number of carbonyl (C=O) groups is 1. The van der Waals surface area contributed by atoms with Gasteiger partial charge in [-0.1, -0.05) is 12.1 Å². The van der Waals surface area contributed by atoms with Gasteiger partial charge < -0.3 is 24.2 Å². The van der Waals surface area contributed by atoms with E-state index in [9.17, 15) is 9.90 Å². The van der Waals surface area contributed by atoms with Gasteiger partial charge in [-0.05, 0) is 56.0 Å². The highest BCUT2D eigenvalue weighted by atomic mass is 16.5. The number of carbonyl (C=O) groups excluding carboxylic acids is 1. The number of fused-ring (bicyclic) bond motifs is 3. The summed E-state index contributed by atoms with van der Waals surface area (Å²) >= 11 is 0. The van der Waals surface area contributed by atoms with Gasteiger partial charge in [0.25, 0.3) is 5.91 Å². The molecule has 1 aliphatic heterocycles. The summed E-state index contributed by atoms with van der Waals surface area (Å²) in [5, 5.41) is 10.3. The Hall–Kier alpha value is -2.90. The van der Waals surface area contributed by atoms with E-state index >= 15 is 0 Å². The third-order valence-corrected chi connectivity index (χ3v) is 6.93. The van der Waals surface area contributed by atoms with Crippen LogP contribution >= 0.6 is 0 Å². The second-order valence-corrected chi connectivity index (χ2v) is 8.87. The highest BCUT2D eigenvalue weighted by Crippen LogP contribution is 2.44. The number of amides is 1. The normalized spacial score (nSPS) is 21.2. The topological polar surface area (TPSA) is 80.6 Å². The van der Waals surface area contributed by atoms with Crippen LogP contribution in [0.5, 0.6) is 11.5 Å². The standard InChI is InChI=1S/C27H34N2O5/c1-5-29(12-13-32-2)27(31)18-8-6-17(7-9-18)26-22-16-25(34-4)24(33-3)15-20(22)21-14-19(30)10-11-23(21)28-26/h6-9,15-16,19,21,23,30H,5,10-14H2,1-4H3. The molecule has 4 rings (SSSR count). The van der Waals surface area contributed by atoms with Gasteiger partial charge in [0.05, 0.1) is 38.7 Å². The molecule has 0 spiro atoms. The molecule has 0 bridgehead atoms. The van der Waals surface area contributed by atoms with E-state index in [1.54, 1.807) is 26.2 Å². The summed E-state index contributed by atoms with van der Waals surface area (Å²) in [5.41, 5.74) is 4.60. The molecule has 0 saturated heterocycles. The van der Waals surface area contributed by atoms with Gasteiger partial charge in [0.15, 0.2) is 11.5 Å². The lowest BCUT2D eigenvalue weighted by Crippen LogP contribution is -2.34. The van der Waals surface area contributed by atoms with Crippen molar-refractivity contribution in [1.82, 2.24) is 4.90 Å². The van der Waals surface area contributed by atoms with E-state index < -0.39 is 0 Å². The van der Waals surface area contributed by atoms with E-state index in [4.69, 9.17) is 19.2 Å². The zero-order valence-corrected chi connectivity index (χ0v) is 20.4. The molecule has 1 N–H and O–H groups in total. The van der Waals surface area contributed by atoms with Crippen LogP contribution in [0.2, 0.25) is 0 Å². The molecule has 0 aromatic heterocycles. The van der Waals surface area contributed by atoms with Gasteiger partial charge >= 0.3 is 0 Å². The molecule has 1 amide bonds. The van der Waals surface area contributed by atoms with Crippen molar-refractivity contribution in [2.45, 2.75) is 44.2 Å². The minimum atomic E-state index is -0.316. The number of ether oxygens (including phenoxy) is 3. The molecule has 3 unspecified atom stereocenters. The molecule has 1 aliphatic carbocycles. The Kier molecular flexibility index (Phi) is 7.54. The first-order valence-corrected chi connectivity index (χ1v) is 11.9. The van der Waals surface area contributed by atoms with E-state index in [0.717, 1.165) is 35.2 Å². The van der Waals surface area contributed by atoms with Gasteiger partial charge in [-0.25, -0.2) is 0 Å². The molecule has 2 aromatic carbocycles. The first-order valence-electron chi connectivity index (χ1n) is 11.9. The van der Waals surface area contributed by atoms with Crippen LogP contribution < -0.4 is 9.47 Å². The second kappa shape index (κ2) is 10.6. The maximum absolute atomic E-state index is 12.9. The first-order chi connectivity index (χ1) is 16.5. The first kappa shape index (κ1) is 24.2. The molecule has 2 aromatic rings. The van der Waals surface area contributed by atoms with Crippen molar-refractivity contribution in [3.8, 4) is 11.5 Å². The predicted octanol–water partition coefficient (Wildman–Crippen LogP) is 3.66. The van der Waals surface area contributed by atoms with Crippen LogP contribution in [0.3, 0.4) is 0 Å². The zero-order valence-electron chi connectivity index (χ0n) is 20.4. The third kappa shape index (κ3) is 4.68. The number of hydrogen-bond donors (Lipinski definition) is 1. The fourth-order valence-corrected chi connectivity index (χ4v) is 5.05. The van der Waals surface area contributed by atoms with E-state index in [-0.39, 0.29) is 24.0 Å². The smallest absolute Gasteiger partial charge is 0.253 e. The van der Waals surface area contributed by atoms with Gasteiger partial charge in [-0.3, -0.25) is 9.79 Å². The molecule has 34 heavy (non-hydrogen) atoms. The Morgan fingerprint density at radius 3 is 2.44 bits per heavy atom. The van der Waals surface area contributed by atoms with Crippen molar-refractivity contribution < 1.29 is 24.1 Å². The molecule has 0 radical (unpaired) electrons. The predicted molar refractivity (Wildman–Crippen MR) is 131 cm³/mol. The number of likely N-dealkylation sites (N-methyl/N-ethyl adjacent to an activating group) is 1. The lowest BCUT2D eigenvalue weighted by Gasteiger charge is -2.37. The lowest BCUT2D eigenvalue weighted by atomic mass is 9.74. The van der Waals surface area contributed by atoms with Gasteiger partial charge in [-0.2, -0.15) is 0 Å². The molecule has 182 valence electrons. The van der Waals surface area contributed by atoms with Gasteiger partial charge in [0.1, 0.15) is 0 Å². The van der Waals surface area contributed by atoms with Gasteiger partial charge in [0, 0.05) is 42.8 Å². The summed E-state index contributed by atoms with van der Waals surface area (Å²) in [7, 11) is 4.90. The Labute approximate surface area is 201 Å². The highest BCUT2D eigenvalue weighted by molar-refractivity contribution is 6.15. The molecule has 1 heterocycles. The summed E-state index contributed by atoms with van der Waals surface area (Å²) in [4.78, 5) is 19.8. The number of aliphatic hydroxyl groups excluding tert-OH is 1. The van der Waals surface area contributed by atoms with E-state index in [0.29, 0.717) is 43.2 Å². The van der Waals surface area contributed by atoms with Crippen LogP contribution in [-0.4, -0.2) is 74.8 Å². The maximum Gasteiger partial charge on any atom is 0.253 e. The van der Waals surface area contributed by atoms with E-state index in [2.05, 4.69) is 0 Å². The number of benzene rings is 2. The summed E-state index contributed by atoms with van der Waals surface area (Å²) in [5.74, 6) is 1.46. The SMILES string of the molecule is CCN(CCOC)C(=O)c1ccc(C2=NC3CCC(O)CC3c3cc(OC)c(OC)cc32)cc1. The fraction of sp³-hybridized carbons (Fsp3) is 0.481. The minimum absolute atomic E-state index is 0.00943. The number of nitrogens with zero attached hydrogens (tertiary/aromatic N) is 2. The fourth-order valence-electron chi connectivity index (χ4n) is 5.05. The minimum Gasteiger partial charge on any atom is -0.493 e. The van der Waals surface area contributed by atoms with Crippen molar-refractivity contribution in [3.63, 3.8) is 0 Å². The number of aliphatic hydroxyl groups is 1. The lowest BCUT2D eigenvalue weighted by molar-refractivity contribution is 0.0706. The number of aliphatic imine (C=N–C) groups is 1. The van der Waals surface area contributed by atoms with E-state index in [1.807, 2.05) is 43.3 Å². The molecule has 3 atom stereocenters. The molecule has 7 heteroatoms. The number of hydrogen-bond acceptors (Lipinski definition) is 6.